The molecule has 0 fully saturated rings. The quantitative estimate of drug-likeness (QED) is 0.434. The fourth-order valence-corrected chi connectivity index (χ4v) is 5.63. The minimum absolute atomic E-state index is 0.109. The van der Waals surface area contributed by atoms with Crippen LogP contribution in [0.15, 0.2) is 30.3 Å². The lowest BCUT2D eigenvalue weighted by Crippen LogP contribution is -2.29. The molecule has 0 aliphatic carbocycles. The molecule has 6 heteroatoms. The van der Waals surface area contributed by atoms with Crippen molar-refractivity contribution in [2.24, 2.45) is 0 Å². The highest BCUT2D eigenvalue weighted by molar-refractivity contribution is 6.08. The predicted octanol–water partition coefficient (Wildman–Crippen LogP) is 5.70. The van der Waals surface area contributed by atoms with E-state index in [4.69, 9.17) is 9.47 Å². The van der Waals surface area contributed by atoms with E-state index < -0.39 is 0 Å². The van der Waals surface area contributed by atoms with Crippen molar-refractivity contribution in [3.8, 4) is 22.6 Å². The average molecular weight is 488 g/mol. The number of anilines is 1. The number of fused-ring (bicyclic) bond motifs is 2. The van der Waals surface area contributed by atoms with Crippen LogP contribution < -0.4 is 14.4 Å². The van der Waals surface area contributed by atoms with E-state index in [1.165, 1.54) is 6.07 Å². The number of hydrogen-bond acceptors (Lipinski definition) is 4. The van der Waals surface area contributed by atoms with Crippen molar-refractivity contribution in [3.05, 3.63) is 75.1 Å². The molecule has 1 amide bonds. The van der Waals surface area contributed by atoms with Crippen LogP contribution in [0.3, 0.4) is 0 Å². The molecule has 0 saturated carbocycles. The average Bonchev–Trinajstić information content (AvgIpc) is 3.30. The minimum atomic E-state index is -0.379. The first-order valence-electron chi connectivity index (χ1n) is 12.4. The van der Waals surface area contributed by atoms with Gasteiger partial charge in [-0.05, 0) is 103 Å². The summed E-state index contributed by atoms with van der Waals surface area (Å²) in [4.78, 5) is 27.1. The number of carbonyl (C=O) groups is 2. The highest BCUT2D eigenvalue weighted by Gasteiger charge is 2.32. The van der Waals surface area contributed by atoms with Crippen molar-refractivity contribution < 1.29 is 23.5 Å². The molecule has 5 nitrogen and oxygen atoms in total. The van der Waals surface area contributed by atoms with E-state index in [9.17, 15) is 9.59 Å². The fourth-order valence-electron chi connectivity index (χ4n) is 5.63. The first-order chi connectivity index (χ1) is 17.3. The summed E-state index contributed by atoms with van der Waals surface area (Å²) in [6.45, 7) is 6.91. The molecule has 0 spiro atoms. The Hall–Kier alpha value is -3.67. The van der Waals surface area contributed by atoms with E-state index >= 15 is 4.39 Å². The monoisotopic (exact) mass is 487 g/mol. The van der Waals surface area contributed by atoms with E-state index in [2.05, 4.69) is 0 Å². The van der Waals surface area contributed by atoms with Gasteiger partial charge in [0.05, 0.1) is 13.7 Å². The lowest BCUT2D eigenvalue weighted by Gasteiger charge is -2.25. The molecule has 2 heterocycles. The maximum atomic E-state index is 15.2. The predicted molar refractivity (Wildman–Crippen MR) is 138 cm³/mol. The maximum absolute atomic E-state index is 15.2. The number of amides is 1. The van der Waals surface area contributed by atoms with Crippen molar-refractivity contribution in [2.75, 3.05) is 25.2 Å². The third kappa shape index (κ3) is 3.85. The number of methoxy groups -OCH3 is 1. The van der Waals surface area contributed by atoms with Crippen LogP contribution in [-0.2, 0) is 24.1 Å². The number of ether oxygens (including phenoxy) is 2. The summed E-state index contributed by atoms with van der Waals surface area (Å²) < 4.78 is 26.3. The Morgan fingerprint density at radius 3 is 2.67 bits per heavy atom. The fraction of sp³-hybridized carbons (Fsp3) is 0.333. The minimum Gasteiger partial charge on any atom is -0.496 e. The number of benzene rings is 3. The molecule has 5 rings (SSSR count). The maximum Gasteiger partial charge on any atom is 0.258 e. The van der Waals surface area contributed by atoms with Gasteiger partial charge in [0.15, 0.2) is 11.6 Å². The van der Waals surface area contributed by atoms with Gasteiger partial charge in [-0.2, -0.15) is 0 Å². The van der Waals surface area contributed by atoms with Gasteiger partial charge >= 0.3 is 0 Å². The lowest BCUT2D eigenvalue weighted by molar-refractivity contribution is -0.107. The van der Waals surface area contributed by atoms with Crippen LogP contribution in [0.1, 0.15) is 50.2 Å². The van der Waals surface area contributed by atoms with Crippen molar-refractivity contribution in [1.82, 2.24) is 0 Å². The van der Waals surface area contributed by atoms with Crippen LogP contribution in [-0.4, -0.2) is 32.5 Å². The zero-order valence-corrected chi connectivity index (χ0v) is 21.2. The van der Waals surface area contributed by atoms with Crippen LogP contribution in [0.5, 0.6) is 11.5 Å². The summed E-state index contributed by atoms with van der Waals surface area (Å²) in [5.41, 5.74) is 8.61. The van der Waals surface area contributed by atoms with Crippen molar-refractivity contribution in [3.63, 3.8) is 0 Å². The number of rotatable bonds is 5. The first-order valence-corrected chi connectivity index (χ1v) is 12.4. The second kappa shape index (κ2) is 9.41. The normalized spacial score (nSPS) is 14.2. The molecule has 0 N–H and O–H groups in total. The molecule has 3 aromatic carbocycles. The standard InChI is InChI=1S/C30H30FNO4/c1-17-7-8-20(15-27(17)35-4)30(34)32-11-9-23-26(32)14-18(2)21(10-12-33)28(23)24-16-25(31)29-22(19(24)3)6-5-13-36-29/h7-8,12,14-16H,5-6,9-11,13H2,1-4H3. The van der Waals surface area contributed by atoms with E-state index in [0.717, 1.165) is 69.3 Å². The Morgan fingerprint density at radius 1 is 1.11 bits per heavy atom. The van der Waals surface area contributed by atoms with Crippen LogP contribution in [0, 0.1) is 26.6 Å². The molecule has 2 aliphatic rings. The number of carbonyl (C=O) groups excluding carboxylic acids is 2. The molecule has 186 valence electrons. The van der Waals surface area contributed by atoms with Crippen LogP contribution >= 0.6 is 0 Å². The van der Waals surface area contributed by atoms with Crippen LogP contribution in [0.2, 0.25) is 0 Å². The van der Waals surface area contributed by atoms with Gasteiger partial charge in [0.25, 0.3) is 5.91 Å². The highest BCUT2D eigenvalue weighted by Crippen LogP contribution is 2.45. The van der Waals surface area contributed by atoms with E-state index in [1.807, 2.05) is 39.0 Å². The largest absolute Gasteiger partial charge is 0.496 e. The number of aryl methyl sites for hydroxylation is 2. The first kappa shape index (κ1) is 24.0. The summed E-state index contributed by atoms with van der Waals surface area (Å²) in [6.07, 6.45) is 3.34. The highest BCUT2D eigenvalue weighted by atomic mass is 19.1. The van der Waals surface area contributed by atoms with Crippen LogP contribution in [0.4, 0.5) is 10.1 Å². The Balaban J connectivity index is 1.68. The molecule has 0 radical (unpaired) electrons. The molecule has 3 aromatic rings. The topological polar surface area (TPSA) is 55.8 Å². The van der Waals surface area contributed by atoms with Crippen molar-refractivity contribution in [2.45, 2.75) is 46.5 Å². The van der Waals surface area contributed by atoms with Gasteiger partial charge in [-0.15, -0.1) is 0 Å². The van der Waals surface area contributed by atoms with Gasteiger partial charge < -0.3 is 19.2 Å². The second-order valence-corrected chi connectivity index (χ2v) is 9.60. The van der Waals surface area contributed by atoms with Gasteiger partial charge in [0.2, 0.25) is 0 Å². The molecule has 0 unspecified atom stereocenters. The summed E-state index contributed by atoms with van der Waals surface area (Å²) in [5.74, 6) is 0.521. The zero-order chi connectivity index (χ0) is 25.6. The van der Waals surface area contributed by atoms with E-state index in [0.29, 0.717) is 36.6 Å². The summed E-state index contributed by atoms with van der Waals surface area (Å²) in [7, 11) is 1.59. The molecular formula is C30H30FNO4. The van der Waals surface area contributed by atoms with Gasteiger partial charge in [0, 0.05) is 29.8 Å². The van der Waals surface area contributed by atoms with Gasteiger partial charge in [0.1, 0.15) is 12.0 Å². The Morgan fingerprint density at radius 2 is 1.92 bits per heavy atom. The van der Waals surface area contributed by atoms with Crippen molar-refractivity contribution in [1.29, 1.82) is 0 Å². The molecule has 0 bridgehead atoms. The van der Waals surface area contributed by atoms with Gasteiger partial charge in [-0.3, -0.25) is 4.79 Å². The third-order valence-electron chi connectivity index (χ3n) is 7.51. The molecule has 36 heavy (non-hydrogen) atoms. The molecule has 2 aliphatic heterocycles. The zero-order valence-electron chi connectivity index (χ0n) is 21.2. The second-order valence-electron chi connectivity index (χ2n) is 9.60. The summed E-state index contributed by atoms with van der Waals surface area (Å²) in [5, 5.41) is 0. The number of hydrogen-bond donors (Lipinski definition) is 0. The number of halogens is 1. The lowest BCUT2D eigenvalue weighted by atomic mass is 9.84. The molecule has 0 aromatic heterocycles. The van der Waals surface area contributed by atoms with Gasteiger partial charge in [-0.25, -0.2) is 4.39 Å². The summed E-state index contributed by atoms with van der Waals surface area (Å²) >= 11 is 0. The smallest absolute Gasteiger partial charge is 0.258 e. The van der Waals surface area contributed by atoms with Crippen LogP contribution in [0.25, 0.3) is 11.1 Å². The Kier molecular flexibility index (Phi) is 6.29. The Labute approximate surface area is 210 Å². The molecule has 0 atom stereocenters. The van der Waals surface area contributed by atoms with E-state index in [-0.39, 0.29) is 18.1 Å². The van der Waals surface area contributed by atoms with Gasteiger partial charge in [-0.1, -0.05) is 6.07 Å². The third-order valence-corrected chi connectivity index (χ3v) is 7.51. The van der Waals surface area contributed by atoms with Crippen molar-refractivity contribution >= 4 is 17.9 Å². The Bertz CT molecular complexity index is 1390. The molecular weight excluding hydrogens is 457 g/mol. The number of nitrogens with zero attached hydrogens (tertiary/aromatic N) is 1. The SMILES string of the molecule is COc1cc(C(=O)N2CCc3c2cc(C)c(CC=O)c3-c2cc(F)c3c(c2C)CCCO3)ccc1C. The number of aldehydes is 1. The molecule has 0 saturated heterocycles. The summed E-state index contributed by atoms with van der Waals surface area (Å²) in [6, 6.07) is 9.00. The van der Waals surface area contributed by atoms with E-state index in [1.54, 1.807) is 18.1 Å².